The fourth-order valence-corrected chi connectivity index (χ4v) is 0.898. The first kappa shape index (κ1) is 12.0. The van der Waals surface area contributed by atoms with Crippen LogP contribution in [0.2, 0.25) is 0 Å². The van der Waals surface area contributed by atoms with Crippen LogP contribution in [0.15, 0.2) is 0 Å². The summed E-state index contributed by atoms with van der Waals surface area (Å²) in [4.78, 5) is 11.2. The predicted octanol–water partition coefficient (Wildman–Crippen LogP) is 0.961. The molecule has 0 aromatic rings. The van der Waals surface area contributed by atoms with E-state index < -0.39 is 5.41 Å². The van der Waals surface area contributed by atoms with Gasteiger partial charge < -0.3 is 9.84 Å². The van der Waals surface area contributed by atoms with Gasteiger partial charge in [-0.25, -0.2) is 0 Å². The third-order valence-electron chi connectivity index (χ3n) is 1.82. The molecule has 0 rings (SSSR count). The molecule has 0 atom stereocenters. The first-order valence-corrected chi connectivity index (χ1v) is 4.19. The second-order valence-electron chi connectivity index (χ2n) is 3.39. The van der Waals surface area contributed by atoms with Crippen LogP contribution in [0.4, 0.5) is 0 Å². The number of rotatable bonds is 3. The Balaban J connectivity index is 3.96. The van der Waals surface area contributed by atoms with Crippen molar-refractivity contribution < 1.29 is 14.6 Å². The van der Waals surface area contributed by atoms with Crippen LogP contribution < -0.4 is 0 Å². The maximum absolute atomic E-state index is 11.2. The average Bonchev–Trinajstić information content (AvgIpc) is 2.11. The van der Waals surface area contributed by atoms with Crippen molar-refractivity contribution in [1.82, 2.24) is 0 Å². The molecule has 1 N–H and O–H groups in total. The molecule has 0 heterocycles. The molecule has 0 aromatic heterocycles. The average molecular weight is 184 g/mol. The van der Waals surface area contributed by atoms with Gasteiger partial charge in [0.25, 0.3) is 0 Å². The van der Waals surface area contributed by atoms with E-state index in [9.17, 15) is 4.79 Å². The summed E-state index contributed by atoms with van der Waals surface area (Å²) in [6.07, 6.45) is 1.25. The van der Waals surface area contributed by atoms with Crippen molar-refractivity contribution in [3.8, 4) is 11.8 Å². The highest BCUT2D eigenvalue weighted by molar-refractivity contribution is 5.75. The number of hydrogen-bond donors (Lipinski definition) is 1. The zero-order valence-corrected chi connectivity index (χ0v) is 8.39. The van der Waals surface area contributed by atoms with Crippen molar-refractivity contribution in [1.29, 1.82) is 0 Å². The van der Waals surface area contributed by atoms with Crippen LogP contribution in [0.25, 0.3) is 0 Å². The van der Waals surface area contributed by atoms with E-state index in [1.807, 2.05) is 13.8 Å². The molecule has 0 aliphatic carbocycles. The third-order valence-corrected chi connectivity index (χ3v) is 1.82. The Morgan fingerprint density at radius 2 is 2.08 bits per heavy atom. The van der Waals surface area contributed by atoms with Crippen LogP contribution in [0.3, 0.4) is 0 Å². The quantitative estimate of drug-likeness (QED) is 0.525. The van der Waals surface area contributed by atoms with Crippen LogP contribution in [-0.4, -0.2) is 24.8 Å². The normalized spacial score (nSPS) is 10.2. The van der Waals surface area contributed by atoms with Gasteiger partial charge in [0, 0.05) is 6.42 Å². The number of hydrogen-bond acceptors (Lipinski definition) is 3. The Hall–Kier alpha value is -1.01. The fraction of sp³-hybridized carbons (Fsp3) is 0.700. The Morgan fingerprint density at radius 1 is 1.46 bits per heavy atom. The third kappa shape index (κ3) is 4.54. The molecular weight excluding hydrogens is 168 g/mol. The number of aliphatic hydroxyl groups is 1. The van der Waals surface area contributed by atoms with E-state index >= 15 is 0 Å². The minimum absolute atomic E-state index is 0.126. The summed E-state index contributed by atoms with van der Waals surface area (Å²) < 4.78 is 4.64. The second-order valence-corrected chi connectivity index (χ2v) is 3.39. The molecule has 0 spiro atoms. The molecule has 0 aromatic carbocycles. The van der Waals surface area contributed by atoms with Crippen molar-refractivity contribution in [3.05, 3.63) is 0 Å². The zero-order chi connectivity index (χ0) is 10.3. The lowest BCUT2D eigenvalue weighted by molar-refractivity contribution is -0.151. The van der Waals surface area contributed by atoms with Crippen LogP contribution in [0, 0.1) is 17.3 Å². The summed E-state index contributed by atoms with van der Waals surface area (Å²) >= 11 is 0. The van der Waals surface area contributed by atoms with Gasteiger partial charge in [-0.2, -0.15) is 0 Å². The van der Waals surface area contributed by atoms with Gasteiger partial charge in [-0.1, -0.05) is 5.92 Å². The molecular formula is C10H16O3. The molecule has 0 aliphatic rings. The van der Waals surface area contributed by atoms with Crippen LogP contribution in [0.1, 0.15) is 26.7 Å². The summed E-state index contributed by atoms with van der Waals surface area (Å²) in [6, 6.07) is 0. The number of carbonyl (C=O) groups is 1. The highest BCUT2D eigenvalue weighted by Crippen LogP contribution is 2.23. The smallest absolute Gasteiger partial charge is 0.311 e. The predicted molar refractivity (Wildman–Crippen MR) is 49.9 cm³/mol. The molecule has 0 bridgehead atoms. The zero-order valence-electron chi connectivity index (χ0n) is 8.39. The monoisotopic (exact) mass is 184 g/mol. The van der Waals surface area contributed by atoms with Gasteiger partial charge in [0.05, 0.1) is 12.5 Å². The van der Waals surface area contributed by atoms with Crippen LogP contribution in [-0.2, 0) is 9.53 Å². The minimum atomic E-state index is -0.487. The van der Waals surface area contributed by atoms with E-state index in [0.29, 0.717) is 12.8 Å². The first-order valence-electron chi connectivity index (χ1n) is 4.19. The second kappa shape index (κ2) is 5.60. The molecule has 0 saturated carbocycles. The van der Waals surface area contributed by atoms with Gasteiger partial charge in [0.2, 0.25) is 0 Å². The number of ether oxygens (including phenoxy) is 1. The summed E-state index contributed by atoms with van der Waals surface area (Å²) in [5, 5.41) is 8.39. The van der Waals surface area contributed by atoms with E-state index in [4.69, 9.17) is 5.11 Å². The Morgan fingerprint density at radius 3 is 2.54 bits per heavy atom. The maximum Gasteiger partial charge on any atom is 0.311 e. The summed E-state index contributed by atoms with van der Waals surface area (Å²) in [5.74, 6) is 5.07. The molecule has 0 amide bonds. The Kier molecular flexibility index (Phi) is 5.17. The lowest BCUT2D eigenvalue weighted by Crippen LogP contribution is -2.25. The van der Waals surface area contributed by atoms with Gasteiger partial charge >= 0.3 is 5.97 Å². The molecule has 0 fully saturated rings. The highest BCUT2D eigenvalue weighted by atomic mass is 16.5. The Labute approximate surface area is 79.1 Å². The van der Waals surface area contributed by atoms with Crippen molar-refractivity contribution in [2.24, 2.45) is 5.41 Å². The summed E-state index contributed by atoms with van der Waals surface area (Å²) in [5.41, 5.74) is -0.487. The topological polar surface area (TPSA) is 46.5 Å². The molecule has 13 heavy (non-hydrogen) atoms. The van der Waals surface area contributed by atoms with Crippen molar-refractivity contribution in [2.45, 2.75) is 26.7 Å². The number of aliphatic hydroxyl groups excluding tert-OH is 1. The molecule has 0 saturated heterocycles. The standard InChI is InChI=1S/C10H16O3/c1-10(2,9(12)13-3)7-5-4-6-8-11/h11H,5,7-8H2,1-3H3. The Bertz CT molecular complexity index is 220. The molecule has 3 heteroatoms. The van der Waals surface area contributed by atoms with E-state index in [-0.39, 0.29) is 12.6 Å². The molecule has 0 aliphatic heterocycles. The lowest BCUT2D eigenvalue weighted by atomic mass is 9.88. The van der Waals surface area contributed by atoms with Crippen molar-refractivity contribution in [3.63, 3.8) is 0 Å². The van der Waals surface area contributed by atoms with Crippen LogP contribution >= 0.6 is 0 Å². The molecule has 3 nitrogen and oxygen atoms in total. The van der Waals surface area contributed by atoms with Gasteiger partial charge in [-0.15, -0.1) is 5.92 Å². The van der Waals surface area contributed by atoms with E-state index in [2.05, 4.69) is 16.6 Å². The van der Waals surface area contributed by atoms with E-state index in [1.165, 1.54) is 7.11 Å². The number of carbonyl (C=O) groups excluding carboxylic acids is 1. The van der Waals surface area contributed by atoms with Gasteiger partial charge in [0.15, 0.2) is 0 Å². The summed E-state index contributed by atoms with van der Waals surface area (Å²) in [7, 11) is 1.38. The summed E-state index contributed by atoms with van der Waals surface area (Å²) in [6.45, 7) is 3.51. The van der Waals surface area contributed by atoms with Crippen LogP contribution in [0.5, 0.6) is 0 Å². The lowest BCUT2D eigenvalue weighted by Gasteiger charge is -2.19. The largest absolute Gasteiger partial charge is 0.469 e. The number of methoxy groups -OCH3 is 1. The SMILES string of the molecule is COC(=O)C(C)(C)CCC#CCO. The first-order chi connectivity index (χ1) is 6.04. The molecule has 74 valence electrons. The highest BCUT2D eigenvalue weighted by Gasteiger charge is 2.27. The fourth-order valence-electron chi connectivity index (χ4n) is 0.898. The van der Waals surface area contributed by atoms with Crippen molar-refractivity contribution >= 4 is 5.97 Å². The van der Waals surface area contributed by atoms with Gasteiger partial charge in [0.1, 0.15) is 6.61 Å². The number of esters is 1. The molecule has 0 unspecified atom stereocenters. The van der Waals surface area contributed by atoms with Gasteiger partial charge in [-0.05, 0) is 20.3 Å². The van der Waals surface area contributed by atoms with Gasteiger partial charge in [-0.3, -0.25) is 4.79 Å². The van der Waals surface area contributed by atoms with E-state index in [1.54, 1.807) is 0 Å². The minimum Gasteiger partial charge on any atom is -0.469 e. The molecule has 0 radical (unpaired) electrons. The van der Waals surface area contributed by atoms with Crippen molar-refractivity contribution in [2.75, 3.05) is 13.7 Å². The maximum atomic E-state index is 11.2. The van der Waals surface area contributed by atoms with E-state index in [0.717, 1.165) is 0 Å².